The zero-order valence-electron chi connectivity index (χ0n) is 10.9. The molecule has 19 heavy (non-hydrogen) atoms. The van der Waals surface area contributed by atoms with Gasteiger partial charge in [-0.2, -0.15) is 0 Å². The molecular weight excluding hydrogens is 244 g/mol. The molecular formula is C13H20N4O2. The summed E-state index contributed by atoms with van der Waals surface area (Å²) in [6, 6.07) is 3.49. The van der Waals surface area contributed by atoms with Crippen molar-refractivity contribution in [3.05, 3.63) is 17.8 Å². The van der Waals surface area contributed by atoms with Crippen molar-refractivity contribution < 1.29 is 9.90 Å². The Hall–Kier alpha value is -1.82. The van der Waals surface area contributed by atoms with E-state index in [1.165, 1.54) is 18.9 Å². The number of pyridine rings is 1. The minimum atomic E-state index is -0.573. The van der Waals surface area contributed by atoms with Crippen molar-refractivity contribution >= 4 is 17.4 Å². The van der Waals surface area contributed by atoms with Crippen LogP contribution in [0, 0.1) is 0 Å². The molecule has 0 atom stereocenters. The molecule has 0 bridgehead atoms. The van der Waals surface area contributed by atoms with Crippen LogP contribution in [-0.2, 0) is 0 Å². The fourth-order valence-electron chi connectivity index (χ4n) is 2.61. The maximum absolute atomic E-state index is 11.2. The average Bonchev–Trinajstić information content (AvgIpc) is 2.90. The predicted molar refractivity (Wildman–Crippen MR) is 73.9 cm³/mol. The Morgan fingerprint density at radius 3 is 2.68 bits per heavy atom. The topological polar surface area (TPSA) is 105 Å². The van der Waals surface area contributed by atoms with Crippen molar-refractivity contribution in [3.8, 4) is 0 Å². The minimum Gasteiger partial charge on any atom is -0.396 e. The monoisotopic (exact) mass is 264 g/mol. The van der Waals surface area contributed by atoms with Gasteiger partial charge in [0.1, 0.15) is 5.69 Å². The second-order valence-corrected chi connectivity index (χ2v) is 4.83. The zero-order chi connectivity index (χ0) is 13.8. The van der Waals surface area contributed by atoms with E-state index in [0.29, 0.717) is 24.1 Å². The van der Waals surface area contributed by atoms with E-state index in [1.807, 2.05) is 4.90 Å². The Bertz CT molecular complexity index is 458. The number of hydrogen-bond acceptors (Lipinski definition) is 5. The first kappa shape index (κ1) is 13.6. The van der Waals surface area contributed by atoms with Crippen molar-refractivity contribution in [1.82, 2.24) is 4.98 Å². The van der Waals surface area contributed by atoms with Crippen LogP contribution in [-0.4, -0.2) is 35.2 Å². The summed E-state index contributed by atoms with van der Waals surface area (Å²) in [5.41, 5.74) is 11.9. The van der Waals surface area contributed by atoms with E-state index >= 15 is 0 Å². The Morgan fingerprint density at radius 1 is 1.42 bits per heavy atom. The molecule has 0 radical (unpaired) electrons. The van der Waals surface area contributed by atoms with Crippen LogP contribution in [0.15, 0.2) is 12.1 Å². The number of aliphatic hydroxyl groups excluding tert-OH is 1. The molecule has 1 heterocycles. The number of nitrogens with zero attached hydrogens (tertiary/aromatic N) is 2. The first-order valence-electron chi connectivity index (χ1n) is 6.57. The second-order valence-electron chi connectivity index (χ2n) is 4.83. The molecule has 0 aromatic carbocycles. The highest BCUT2D eigenvalue weighted by Crippen LogP contribution is 2.30. The zero-order valence-corrected chi connectivity index (χ0v) is 10.9. The van der Waals surface area contributed by atoms with Crippen molar-refractivity contribution in [3.63, 3.8) is 0 Å². The third-order valence-corrected chi connectivity index (χ3v) is 3.54. The summed E-state index contributed by atoms with van der Waals surface area (Å²) in [6.07, 6.45) is 4.45. The van der Waals surface area contributed by atoms with Crippen LogP contribution in [0.5, 0.6) is 0 Å². The molecule has 5 N–H and O–H groups in total. The van der Waals surface area contributed by atoms with E-state index in [0.717, 1.165) is 12.8 Å². The molecule has 1 aliphatic rings. The first-order chi connectivity index (χ1) is 9.13. The molecule has 0 saturated heterocycles. The Balaban J connectivity index is 2.34. The summed E-state index contributed by atoms with van der Waals surface area (Å²) in [5, 5.41) is 9.23. The molecule has 1 fully saturated rings. The SMILES string of the molecule is NC(=O)c1ccc(N)c(N(CCO)C2CCCC2)n1. The van der Waals surface area contributed by atoms with E-state index < -0.39 is 5.91 Å². The number of rotatable bonds is 5. The van der Waals surface area contributed by atoms with Gasteiger partial charge >= 0.3 is 0 Å². The molecule has 1 amide bonds. The fraction of sp³-hybridized carbons (Fsp3) is 0.538. The van der Waals surface area contributed by atoms with Gasteiger partial charge < -0.3 is 21.5 Å². The summed E-state index contributed by atoms with van der Waals surface area (Å²) >= 11 is 0. The molecule has 1 aromatic heterocycles. The number of nitrogen functional groups attached to an aromatic ring is 1. The summed E-state index contributed by atoms with van der Waals surface area (Å²) in [5.74, 6) is -0.0196. The summed E-state index contributed by atoms with van der Waals surface area (Å²) < 4.78 is 0. The van der Waals surface area contributed by atoms with Gasteiger partial charge in [0.15, 0.2) is 5.82 Å². The molecule has 1 saturated carbocycles. The molecule has 0 spiro atoms. The van der Waals surface area contributed by atoms with Gasteiger partial charge in [-0.05, 0) is 25.0 Å². The average molecular weight is 264 g/mol. The summed E-state index contributed by atoms with van der Waals surface area (Å²) in [6.45, 7) is 0.489. The molecule has 2 rings (SSSR count). The molecule has 6 nitrogen and oxygen atoms in total. The summed E-state index contributed by atoms with van der Waals surface area (Å²) in [7, 11) is 0. The fourth-order valence-corrected chi connectivity index (χ4v) is 2.61. The van der Waals surface area contributed by atoms with Crippen LogP contribution >= 0.6 is 0 Å². The number of carbonyl (C=O) groups is 1. The lowest BCUT2D eigenvalue weighted by Crippen LogP contribution is -2.37. The molecule has 104 valence electrons. The highest BCUT2D eigenvalue weighted by molar-refractivity contribution is 5.91. The van der Waals surface area contributed by atoms with E-state index in [-0.39, 0.29) is 12.3 Å². The number of hydrogen-bond donors (Lipinski definition) is 3. The smallest absolute Gasteiger partial charge is 0.267 e. The van der Waals surface area contributed by atoms with E-state index in [2.05, 4.69) is 4.98 Å². The van der Waals surface area contributed by atoms with E-state index in [9.17, 15) is 9.90 Å². The number of nitrogens with two attached hydrogens (primary N) is 2. The van der Waals surface area contributed by atoms with Gasteiger partial charge in [0, 0.05) is 12.6 Å². The summed E-state index contributed by atoms with van der Waals surface area (Å²) in [4.78, 5) is 17.5. The third-order valence-electron chi connectivity index (χ3n) is 3.54. The lowest BCUT2D eigenvalue weighted by Gasteiger charge is -2.30. The van der Waals surface area contributed by atoms with Gasteiger partial charge in [-0.15, -0.1) is 0 Å². The van der Waals surface area contributed by atoms with Crippen LogP contribution in [0.2, 0.25) is 0 Å². The molecule has 0 unspecified atom stereocenters. The van der Waals surface area contributed by atoms with E-state index in [4.69, 9.17) is 11.5 Å². The Morgan fingerprint density at radius 2 is 2.11 bits per heavy atom. The molecule has 1 aliphatic carbocycles. The van der Waals surface area contributed by atoms with Gasteiger partial charge in [-0.1, -0.05) is 12.8 Å². The number of primary amides is 1. The standard InChI is InChI=1S/C13H20N4O2/c14-10-5-6-11(12(15)19)16-13(10)17(7-8-18)9-3-1-2-4-9/h5-6,9,18H,1-4,7-8,14H2,(H2,15,19). The first-order valence-corrected chi connectivity index (χ1v) is 6.57. The van der Waals surface area contributed by atoms with Crippen molar-refractivity contribution in [1.29, 1.82) is 0 Å². The van der Waals surface area contributed by atoms with Gasteiger partial charge in [0.05, 0.1) is 12.3 Å². The van der Waals surface area contributed by atoms with Gasteiger partial charge in [0.2, 0.25) is 0 Å². The molecule has 0 aliphatic heterocycles. The van der Waals surface area contributed by atoms with Gasteiger partial charge in [0.25, 0.3) is 5.91 Å². The van der Waals surface area contributed by atoms with E-state index in [1.54, 1.807) is 6.07 Å². The number of aliphatic hydroxyl groups is 1. The van der Waals surface area contributed by atoms with Gasteiger partial charge in [-0.3, -0.25) is 4.79 Å². The van der Waals surface area contributed by atoms with Crippen molar-refractivity contribution in [2.45, 2.75) is 31.7 Å². The van der Waals surface area contributed by atoms with Crippen LogP contribution in [0.4, 0.5) is 11.5 Å². The number of anilines is 2. The van der Waals surface area contributed by atoms with Crippen molar-refractivity contribution in [2.24, 2.45) is 5.73 Å². The predicted octanol–water partition coefficient (Wildman–Crippen LogP) is 0.504. The lowest BCUT2D eigenvalue weighted by molar-refractivity contribution is 0.0995. The van der Waals surface area contributed by atoms with Crippen LogP contribution in [0.25, 0.3) is 0 Å². The van der Waals surface area contributed by atoms with Crippen LogP contribution < -0.4 is 16.4 Å². The molecule has 1 aromatic rings. The second kappa shape index (κ2) is 5.88. The molecule has 6 heteroatoms. The normalized spacial score (nSPS) is 15.6. The highest BCUT2D eigenvalue weighted by atomic mass is 16.3. The number of aromatic nitrogens is 1. The highest BCUT2D eigenvalue weighted by Gasteiger charge is 2.25. The minimum absolute atomic E-state index is 0.0262. The quantitative estimate of drug-likeness (QED) is 0.718. The van der Waals surface area contributed by atoms with Gasteiger partial charge in [-0.25, -0.2) is 4.98 Å². The Kier molecular flexibility index (Phi) is 4.21. The maximum Gasteiger partial charge on any atom is 0.267 e. The maximum atomic E-state index is 11.2. The Labute approximate surface area is 112 Å². The number of amides is 1. The lowest BCUT2D eigenvalue weighted by atomic mass is 10.2. The third kappa shape index (κ3) is 2.96. The largest absolute Gasteiger partial charge is 0.396 e. The van der Waals surface area contributed by atoms with Crippen LogP contribution in [0.3, 0.4) is 0 Å². The van der Waals surface area contributed by atoms with Crippen molar-refractivity contribution in [2.75, 3.05) is 23.8 Å². The van der Waals surface area contributed by atoms with Crippen LogP contribution in [0.1, 0.15) is 36.2 Å². The number of carbonyl (C=O) groups excluding carboxylic acids is 1.